The van der Waals surface area contributed by atoms with Gasteiger partial charge in [-0.3, -0.25) is 25.1 Å². The first-order chi connectivity index (χ1) is 13.9. The number of carbonyl (C=O) groups excluding carboxylic acids is 1. The molecular formula is C17H22N4O7S. The molecule has 12 heteroatoms. The van der Waals surface area contributed by atoms with E-state index in [1.54, 1.807) is 11.8 Å². The summed E-state index contributed by atoms with van der Waals surface area (Å²) in [6, 6.07) is 1.87. The first-order valence-electron chi connectivity index (χ1n) is 9.07. The summed E-state index contributed by atoms with van der Waals surface area (Å²) in [6.07, 6.45) is 0.888. The minimum absolute atomic E-state index is 0.0583. The van der Waals surface area contributed by atoms with Gasteiger partial charge in [0.05, 0.1) is 41.8 Å². The summed E-state index contributed by atoms with van der Waals surface area (Å²) < 4.78 is 10.1. The van der Waals surface area contributed by atoms with Gasteiger partial charge in [-0.15, -0.1) is 0 Å². The van der Waals surface area contributed by atoms with E-state index in [1.807, 2.05) is 0 Å². The number of nitrogens with one attached hydrogen (secondary N) is 1. The molecule has 1 atom stereocenters. The van der Waals surface area contributed by atoms with Gasteiger partial charge in [-0.25, -0.2) is 4.79 Å². The van der Waals surface area contributed by atoms with Gasteiger partial charge in [0.2, 0.25) is 0 Å². The van der Waals surface area contributed by atoms with Crippen LogP contribution in [0.2, 0.25) is 0 Å². The molecule has 0 amide bonds. The Morgan fingerprint density at radius 3 is 2.59 bits per heavy atom. The van der Waals surface area contributed by atoms with Crippen molar-refractivity contribution in [2.45, 2.75) is 12.0 Å². The Bertz CT molecular complexity index is 807. The second-order valence-electron chi connectivity index (χ2n) is 6.87. The van der Waals surface area contributed by atoms with E-state index >= 15 is 0 Å². The van der Waals surface area contributed by atoms with Gasteiger partial charge in [0.1, 0.15) is 5.69 Å². The third-order valence-electron chi connectivity index (χ3n) is 5.27. The highest BCUT2D eigenvalue weighted by Gasteiger charge is 2.41. The maximum absolute atomic E-state index is 12.2. The second-order valence-corrected chi connectivity index (χ2v) is 7.98. The number of anilines is 1. The molecule has 1 unspecified atom stereocenters. The first kappa shape index (κ1) is 21.3. The topological polar surface area (TPSA) is 137 Å². The van der Waals surface area contributed by atoms with Crippen molar-refractivity contribution in [2.75, 3.05) is 56.8 Å². The number of nitro groups is 2. The maximum Gasteiger partial charge on any atom is 0.340 e. The van der Waals surface area contributed by atoms with E-state index < -0.39 is 27.2 Å². The average molecular weight is 426 g/mol. The van der Waals surface area contributed by atoms with Crippen LogP contribution in [-0.4, -0.2) is 77.7 Å². The molecule has 0 aliphatic carbocycles. The van der Waals surface area contributed by atoms with Crippen LogP contribution in [0.5, 0.6) is 0 Å². The molecule has 158 valence electrons. The van der Waals surface area contributed by atoms with Crippen LogP contribution in [0.15, 0.2) is 12.1 Å². The normalized spacial score (nSPS) is 22.2. The number of nitrogens with zero attached hydrogens (tertiary/aromatic N) is 3. The summed E-state index contributed by atoms with van der Waals surface area (Å²) in [6.45, 7) is 3.13. The van der Waals surface area contributed by atoms with Crippen molar-refractivity contribution in [3.8, 4) is 0 Å². The molecule has 1 aromatic rings. The first-order valence-corrected chi connectivity index (χ1v) is 10.2. The molecule has 2 aliphatic heterocycles. The Labute approximate surface area is 171 Å². The van der Waals surface area contributed by atoms with Crippen molar-refractivity contribution in [1.29, 1.82) is 0 Å². The molecule has 0 bridgehead atoms. The Hall–Kier alpha value is -2.44. The smallest absolute Gasteiger partial charge is 0.340 e. The molecule has 0 aromatic heterocycles. The van der Waals surface area contributed by atoms with E-state index in [0.717, 1.165) is 50.3 Å². The van der Waals surface area contributed by atoms with Gasteiger partial charge in [-0.05, 0) is 12.2 Å². The molecule has 2 saturated heterocycles. The fourth-order valence-electron chi connectivity index (χ4n) is 3.71. The molecule has 2 aliphatic rings. The molecule has 2 fully saturated rings. The van der Waals surface area contributed by atoms with Gasteiger partial charge >= 0.3 is 5.97 Å². The van der Waals surface area contributed by atoms with E-state index in [-0.39, 0.29) is 16.8 Å². The van der Waals surface area contributed by atoms with Gasteiger partial charge < -0.3 is 14.8 Å². The molecule has 2 heterocycles. The number of benzene rings is 1. The van der Waals surface area contributed by atoms with E-state index in [0.29, 0.717) is 19.8 Å². The van der Waals surface area contributed by atoms with Crippen molar-refractivity contribution in [3.05, 3.63) is 37.9 Å². The average Bonchev–Trinajstić information content (AvgIpc) is 3.21. The van der Waals surface area contributed by atoms with Crippen LogP contribution in [-0.2, 0) is 9.47 Å². The maximum atomic E-state index is 12.2. The van der Waals surface area contributed by atoms with Gasteiger partial charge in [0.15, 0.2) is 0 Å². The number of nitro benzene ring substituents is 2. The van der Waals surface area contributed by atoms with Crippen molar-refractivity contribution in [3.63, 3.8) is 0 Å². The van der Waals surface area contributed by atoms with Crippen LogP contribution in [0.1, 0.15) is 16.8 Å². The van der Waals surface area contributed by atoms with Crippen LogP contribution in [0.25, 0.3) is 0 Å². The van der Waals surface area contributed by atoms with Gasteiger partial charge in [-0.2, -0.15) is 11.8 Å². The molecular weight excluding hydrogens is 404 g/mol. The number of rotatable bonds is 7. The molecule has 0 saturated carbocycles. The quantitative estimate of drug-likeness (QED) is 0.391. The SMILES string of the molecule is COC(=O)c1cc([N+](=O)[O-])cc([N+](=O)[O-])c1NCC1(N2CCOCC2)CCSC1. The lowest BCUT2D eigenvalue weighted by atomic mass is 9.95. The van der Waals surface area contributed by atoms with Crippen molar-refractivity contribution >= 4 is 34.8 Å². The lowest BCUT2D eigenvalue weighted by Gasteiger charge is -2.43. The molecule has 29 heavy (non-hydrogen) atoms. The van der Waals surface area contributed by atoms with Crippen molar-refractivity contribution in [1.82, 2.24) is 4.90 Å². The summed E-state index contributed by atoms with van der Waals surface area (Å²) in [5, 5.41) is 25.8. The Morgan fingerprint density at radius 1 is 1.31 bits per heavy atom. The second kappa shape index (κ2) is 8.93. The zero-order chi connectivity index (χ0) is 21.0. The number of non-ortho nitro benzene ring substituents is 1. The number of hydrogen-bond acceptors (Lipinski definition) is 10. The summed E-state index contributed by atoms with van der Waals surface area (Å²) in [5.74, 6) is 0.931. The number of hydrogen-bond donors (Lipinski definition) is 1. The summed E-state index contributed by atoms with van der Waals surface area (Å²) in [7, 11) is 1.12. The van der Waals surface area contributed by atoms with Crippen LogP contribution < -0.4 is 5.32 Å². The molecule has 0 radical (unpaired) electrons. The monoisotopic (exact) mass is 426 g/mol. The summed E-state index contributed by atoms with van der Waals surface area (Å²) >= 11 is 1.80. The standard InChI is InChI=1S/C17H22N4O7S/c1-27-16(22)13-8-12(20(23)24)9-14(21(25)26)15(13)18-10-17(2-7-29-11-17)19-3-5-28-6-4-19/h8-9,18H,2-7,10-11H2,1H3. The zero-order valence-corrected chi connectivity index (χ0v) is 16.7. The molecule has 1 aromatic carbocycles. The van der Waals surface area contributed by atoms with Gasteiger partial charge in [-0.1, -0.05) is 0 Å². The largest absolute Gasteiger partial charge is 0.465 e. The molecule has 1 N–H and O–H groups in total. The highest BCUT2D eigenvalue weighted by atomic mass is 32.2. The van der Waals surface area contributed by atoms with Crippen molar-refractivity contribution < 1.29 is 24.1 Å². The predicted molar refractivity (Wildman–Crippen MR) is 107 cm³/mol. The van der Waals surface area contributed by atoms with Crippen LogP contribution >= 0.6 is 11.8 Å². The minimum atomic E-state index is -0.875. The van der Waals surface area contributed by atoms with Crippen LogP contribution in [0.4, 0.5) is 17.1 Å². The Morgan fingerprint density at radius 2 is 2.03 bits per heavy atom. The third kappa shape index (κ3) is 4.43. The van der Waals surface area contributed by atoms with E-state index in [1.165, 1.54) is 0 Å². The molecule has 11 nitrogen and oxygen atoms in total. The minimum Gasteiger partial charge on any atom is -0.465 e. The number of thioether (sulfide) groups is 1. The van der Waals surface area contributed by atoms with Gasteiger partial charge in [0.25, 0.3) is 11.4 Å². The number of ether oxygens (including phenoxy) is 2. The molecule has 3 rings (SSSR count). The number of morpholine rings is 1. The summed E-state index contributed by atoms with van der Waals surface area (Å²) in [4.78, 5) is 35.8. The van der Waals surface area contributed by atoms with Crippen LogP contribution in [0.3, 0.4) is 0 Å². The van der Waals surface area contributed by atoms with E-state index in [9.17, 15) is 25.0 Å². The fraction of sp³-hybridized carbons (Fsp3) is 0.588. The fourth-order valence-corrected chi connectivity index (χ4v) is 5.18. The number of carbonyl (C=O) groups is 1. The molecule has 0 spiro atoms. The summed E-state index contributed by atoms with van der Waals surface area (Å²) in [5.41, 5.74) is -1.59. The van der Waals surface area contributed by atoms with E-state index in [2.05, 4.69) is 10.2 Å². The highest BCUT2D eigenvalue weighted by molar-refractivity contribution is 7.99. The third-order valence-corrected chi connectivity index (χ3v) is 6.51. The van der Waals surface area contributed by atoms with Gasteiger partial charge in [0, 0.05) is 37.0 Å². The predicted octanol–water partition coefficient (Wildman–Crippen LogP) is 1.91. The zero-order valence-electron chi connectivity index (χ0n) is 15.9. The Kier molecular flexibility index (Phi) is 6.55. The van der Waals surface area contributed by atoms with E-state index in [4.69, 9.17) is 9.47 Å². The van der Waals surface area contributed by atoms with Crippen molar-refractivity contribution in [2.24, 2.45) is 0 Å². The number of esters is 1. The lowest BCUT2D eigenvalue weighted by molar-refractivity contribution is -0.393. The lowest BCUT2D eigenvalue weighted by Crippen LogP contribution is -2.57. The Balaban J connectivity index is 1.97. The number of methoxy groups -OCH3 is 1. The van der Waals surface area contributed by atoms with Crippen LogP contribution in [0, 0.1) is 20.2 Å². The highest BCUT2D eigenvalue weighted by Crippen LogP contribution is 2.38.